The van der Waals surface area contributed by atoms with Gasteiger partial charge in [-0.3, -0.25) is 4.79 Å². The first kappa shape index (κ1) is 21.1. The van der Waals surface area contributed by atoms with E-state index in [2.05, 4.69) is 4.90 Å². The molecule has 0 fully saturated rings. The number of hydrogen-bond donors (Lipinski definition) is 2. The molecule has 0 saturated heterocycles. The van der Waals surface area contributed by atoms with Crippen LogP contribution in [0.5, 0.6) is 11.5 Å². The van der Waals surface area contributed by atoms with Crippen molar-refractivity contribution in [3.8, 4) is 11.5 Å². The Balaban J connectivity index is 2.04. The second-order valence-electron chi connectivity index (χ2n) is 6.99. The van der Waals surface area contributed by atoms with Crippen molar-refractivity contribution >= 4 is 29.0 Å². The number of aromatic hydroxyl groups is 1. The molecular weight excluding hydrogens is 390 g/mol. The van der Waals surface area contributed by atoms with Gasteiger partial charge in [0, 0.05) is 23.7 Å². The van der Waals surface area contributed by atoms with Crippen LogP contribution in [0.4, 0.5) is 0 Å². The van der Waals surface area contributed by atoms with Gasteiger partial charge in [0.1, 0.15) is 17.1 Å². The van der Waals surface area contributed by atoms with Crippen LogP contribution in [0, 0.1) is 0 Å². The number of likely N-dealkylation sites (N-methyl/N-ethyl adjacent to an activating group) is 1. The molecule has 1 heterocycles. The van der Waals surface area contributed by atoms with Gasteiger partial charge in [0.25, 0.3) is 0 Å². The fourth-order valence-corrected chi connectivity index (χ4v) is 3.53. The van der Waals surface area contributed by atoms with Crippen LogP contribution in [-0.4, -0.2) is 48.1 Å². The third-order valence-corrected chi connectivity index (χ3v) is 5.27. The molecule has 29 heavy (non-hydrogen) atoms. The van der Waals surface area contributed by atoms with Crippen molar-refractivity contribution in [1.82, 2.24) is 4.90 Å². The third-order valence-electron chi connectivity index (χ3n) is 5.01. The lowest BCUT2D eigenvalue weighted by atomic mass is 9.90. The second kappa shape index (κ2) is 9.27. The van der Waals surface area contributed by atoms with Gasteiger partial charge in [-0.1, -0.05) is 35.9 Å². The van der Waals surface area contributed by atoms with E-state index in [0.29, 0.717) is 16.1 Å². The highest BCUT2D eigenvalue weighted by Gasteiger charge is 2.25. The number of benzene rings is 2. The van der Waals surface area contributed by atoms with Gasteiger partial charge in [-0.05, 0) is 54.4 Å². The van der Waals surface area contributed by atoms with E-state index in [1.165, 1.54) is 13.2 Å². The highest BCUT2D eigenvalue weighted by Crippen LogP contribution is 2.40. The maximum absolute atomic E-state index is 12.9. The number of phenols is 1. The van der Waals surface area contributed by atoms with E-state index in [4.69, 9.17) is 16.3 Å². The highest BCUT2D eigenvalue weighted by atomic mass is 35.5. The van der Waals surface area contributed by atoms with Crippen molar-refractivity contribution < 1.29 is 19.7 Å². The summed E-state index contributed by atoms with van der Waals surface area (Å²) in [4.78, 5) is 15.1. The van der Waals surface area contributed by atoms with Gasteiger partial charge >= 0.3 is 0 Å². The lowest BCUT2D eigenvalue weighted by Crippen LogP contribution is -2.24. The number of halogens is 1. The Kier molecular flexibility index (Phi) is 6.75. The molecule has 2 N–H and O–H groups in total. The number of methoxy groups -OCH3 is 1. The normalized spacial score (nSPS) is 14.8. The number of ether oxygens (including phenoxy) is 1. The topological polar surface area (TPSA) is 70.0 Å². The van der Waals surface area contributed by atoms with Crippen LogP contribution in [0.25, 0.3) is 11.6 Å². The molecule has 0 unspecified atom stereocenters. The summed E-state index contributed by atoms with van der Waals surface area (Å²) in [5.74, 6) is -0.307. The number of rotatable bonds is 6. The minimum absolute atomic E-state index is 0.0877. The average Bonchev–Trinajstić information content (AvgIpc) is 2.73. The van der Waals surface area contributed by atoms with Crippen molar-refractivity contribution in [2.45, 2.75) is 13.0 Å². The predicted molar refractivity (Wildman–Crippen MR) is 115 cm³/mol. The first-order valence-electron chi connectivity index (χ1n) is 9.34. The zero-order valence-electron chi connectivity index (χ0n) is 16.5. The summed E-state index contributed by atoms with van der Waals surface area (Å²) in [6.07, 6.45) is 5.79. The van der Waals surface area contributed by atoms with Crippen molar-refractivity contribution in [3.05, 3.63) is 69.8 Å². The summed E-state index contributed by atoms with van der Waals surface area (Å²) >= 11 is 5.89. The number of carbonyl (C=O) groups excluding carboxylic acids is 1. The molecule has 0 spiro atoms. The van der Waals surface area contributed by atoms with E-state index in [1.807, 2.05) is 13.1 Å². The Morgan fingerprint density at radius 2 is 2.03 bits per heavy atom. The van der Waals surface area contributed by atoms with E-state index in [0.717, 1.165) is 30.6 Å². The lowest BCUT2D eigenvalue weighted by molar-refractivity contribution is 0.104. The summed E-state index contributed by atoms with van der Waals surface area (Å²) in [6.45, 7) is 1.31. The van der Waals surface area contributed by atoms with Gasteiger partial charge in [0.15, 0.2) is 5.78 Å². The zero-order chi connectivity index (χ0) is 21.0. The van der Waals surface area contributed by atoms with Crippen LogP contribution < -0.4 is 4.74 Å². The Morgan fingerprint density at radius 3 is 2.62 bits per heavy atom. The van der Waals surface area contributed by atoms with E-state index in [-0.39, 0.29) is 29.5 Å². The quantitative estimate of drug-likeness (QED) is 0.549. The molecule has 2 aromatic carbocycles. The van der Waals surface area contributed by atoms with Gasteiger partial charge in [0.05, 0.1) is 13.7 Å². The first-order chi connectivity index (χ1) is 13.9. The molecule has 0 radical (unpaired) electrons. The van der Waals surface area contributed by atoms with Gasteiger partial charge < -0.3 is 19.8 Å². The second-order valence-corrected chi connectivity index (χ2v) is 7.42. The molecule has 5 nitrogen and oxygen atoms in total. The third kappa shape index (κ3) is 4.70. The molecule has 3 rings (SSSR count). The number of aliphatic hydroxyl groups excluding tert-OH is 1. The fraction of sp³-hybridized carbons (Fsp3) is 0.261. The molecule has 0 saturated carbocycles. The highest BCUT2D eigenvalue weighted by molar-refractivity contribution is 6.30. The number of nitrogens with zero attached hydrogens (tertiary/aromatic N) is 1. The lowest BCUT2D eigenvalue weighted by Gasteiger charge is -2.25. The van der Waals surface area contributed by atoms with Gasteiger partial charge in [-0.15, -0.1) is 0 Å². The predicted octanol–water partition coefficient (Wildman–Crippen LogP) is 4.16. The first-order valence-corrected chi connectivity index (χ1v) is 9.72. The minimum Gasteiger partial charge on any atom is -0.506 e. The van der Waals surface area contributed by atoms with E-state index < -0.39 is 0 Å². The van der Waals surface area contributed by atoms with E-state index in [9.17, 15) is 15.0 Å². The Hall–Kier alpha value is -2.60. The van der Waals surface area contributed by atoms with Gasteiger partial charge in [-0.25, -0.2) is 0 Å². The average molecular weight is 414 g/mol. The van der Waals surface area contributed by atoms with Crippen molar-refractivity contribution in [3.63, 3.8) is 0 Å². The largest absolute Gasteiger partial charge is 0.506 e. The summed E-state index contributed by atoms with van der Waals surface area (Å²) < 4.78 is 5.35. The maximum Gasteiger partial charge on any atom is 0.193 e. The molecule has 0 bridgehead atoms. The van der Waals surface area contributed by atoms with Crippen LogP contribution in [-0.2, 0) is 6.61 Å². The number of carbonyl (C=O) groups is 1. The SMILES string of the molecule is COc1cc(CO)c(C2=CCN(C)CC2)c(O)c1C(=O)/C=C/c1ccc(Cl)cc1. The molecule has 6 heteroatoms. The van der Waals surface area contributed by atoms with E-state index >= 15 is 0 Å². The van der Waals surface area contributed by atoms with Crippen LogP contribution in [0.3, 0.4) is 0 Å². The Morgan fingerprint density at radius 1 is 1.31 bits per heavy atom. The summed E-state index contributed by atoms with van der Waals surface area (Å²) in [6, 6.07) is 8.70. The fourth-order valence-electron chi connectivity index (χ4n) is 3.41. The Labute approximate surface area is 175 Å². The van der Waals surface area contributed by atoms with Crippen LogP contribution >= 0.6 is 11.6 Å². The van der Waals surface area contributed by atoms with Gasteiger partial charge in [-0.2, -0.15) is 0 Å². The number of aliphatic hydroxyl groups is 1. The Bertz CT molecular complexity index is 964. The molecule has 0 amide bonds. The summed E-state index contributed by atoms with van der Waals surface area (Å²) in [5, 5.41) is 21.5. The molecule has 2 aromatic rings. The van der Waals surface area contributed by atoms with Crippen molar-refractivity contribution in [2.75, 3.05) is 27.2 Å². The molecule has 1 aliphatic rings. The molecule has 152 valence electrons. The molecule has 0 atom stereocenters. The number of phenolic OH excluding ortho intramolecular Hbond substituents is 1. The molecular formula is C23H24ClNO4. The van der Waals surface area contributed by atoms with Crippen LogP contribution in [0.15, 0.2) is 42.5 Å². The summed E-state index contributed by atoms with van der Waals surface area (Å²) in [7, 11) is 3.45. The minimum atomic E-state index is -0.381. The van der Waals surface area contributed by atoms with Gasteiger partial charge in [0.2, 0.25) is 0 Å². The molecule has 0 aromatic heterocycles. The van der Waals surface area contributed by atoms with Crippen molar-refractivity contribution in [1.29, 1.82) is 0 Å². The molecule has 1 aliphatic heterocycles. The number of hydrogen-bond acceptors (Lipinski definition) is 5. The smallest absolute Gasteiger partial charge is 0.193 e. The zero-order valence-corrected chi connectivity index (χ0v) is 17.2. The van der Waals surface area contributed by atoms with Crippen LogP contribution in [0.2, 0.25) is 5.02 Å². The maximum atomic E-state index is 12.9. The molecule has 0 aliphatic carbocycles. The standard InChI is InChI=1S/C23H24ClNO4/c1-25-11-9-16(10-12-25)21-17(14-26)13-20(29-2)22(23(21)28)19(27)8-5-15-3-6-18(24)7-4-15/h3-9,13,26,28H,10-12,14H2,1-2H3/b8-5+. The van der Waals surface area contributed by atoms with Crippen LogP contribution in [0.1, 0.15) is 33.5 Å². The van der Waals surface area contributed by atoms with E-state index in [1.54, 1.807) is 36.4 Å². The number of ketones is 1. The monoisotopic (exact) mass is 413 g/mol. The van der Waals surface area contributed by atoms with Crippen molar-refractivity contribution in [2.24, 2.45) is 0 Å². The number of allylic oxidation sites excluding steroid dienone is 1. The summed E-state index contributed by atoms with van der Waals surface area (Å²) in [5.41, 5.74) is 2.87.